The van der Waals surface area contributed by atoms with E-state index in [9.17, 15) is 4.79 Å². The van der Waals surface area contributed by atoms with E-state index in [0.29, 0.717) is 11.2 Å². The standard InChI is InChI=1S/C17H26N2O2S/c1-13(22-3)15-5-4-6-16(11-15)18-17(20)19-9-7-14(8-10-19)12-21-2/h4-6,11,13-14H,7-10,12H2,1-3H3,(H,18,20). The second kappa shape index (κ2) is 8.44. The number of benzene rings is 1. The summed E-state index contributed by atoms with van der Waals surface area (Å²) in [5.41, 5.74) is 2.12. The number of amides is 2. The number of urea groups is 1. The van der Waals surface area contributed by atoms with E-state index in [1.54, 1.807) is 18.9 Å². The third-order valence-corrected chi connectivity index (χ3v) is 5.24. The van der Waals surface area contributed by atoms with Crippen LogP contribution in [-0.2, 0) is 4.74 Å². The van der Waals surface area contributed by atoms with E-state index in [2.05, 4.69) is 30.6 Å². The molecule has 1 atom stereocenters. The molecule has 1 fully saturated rings. The Morgan fingerprint density at radius 3 is 2.82 bits per heavy atom. The molecule has 2 rings (SSSR count). The summed E-state index contributed by atoms with van der Waals surface area (Å²) in [5, 5.41) is 3.46. The second-order valence-corrected chi connectivity index (χ2v) is 7.00. The maximum absolute atomic E-state index is 12.4. The highest BCUT2D eigenvalue weighted by Crippen LogP contribution is 2.27. The number of piperidine rings is 1. The van der Waals surface area contributed by atoms with Gasteiger partial charge in [0.05, 0.1) is 0 Å². The number of hydrogen-bond acceptors (Lipinski definition) is 3. The first-order valence-corrected chi connectivity index (χ1v) is 9.10. The first-order chi connectivity index (χ1) is 10.6. The zero-order valence-electron chi connectivity index (χ0n) is 13.7. The molecule has 1 saturated heterocycles. The topological polar surface area (TPSA) is 41.6 Å². The van der Waals surface area contributed by atoms with Gasteiger partial charge >= 0.3 is 6.03 Å². The van der Waals surface area contributed by atoms with E-state index in [1.807, 2.05) is 17.0 Å². The quantitative estimate of drug-likeness (QED) is 0.891. The summed E-state index contributed by atoms with van der Waals surface area (Å²) in [6.45, 7) is 4.58. The molecular formula is C17H26N2O2S. The number of rotatable bonds is 5. The first-order valence-electron chi connectivity index (χ1n) is 7.81. The molecule has 0 saturated carbocycles. The average molecular weight is 322 g/mol. The maximum atomic E-state index is 12.4. The van der Waals surface area contributed by atoms with Crippen molar-refractivity contribution < 1.29 is 9.53 Å². The molecule has 1 N–H and O–H groups in total. The number of nitrogens with zero attached hydrogens (tertiary/aromatic N) is 1. The van der Waals surface area contributed by atoms with Crippen LogP contribution in [0.2, 0.25) is 0 Å². The van der Waals surface area contributed by atoms with Crippen molar-refractivity contribution in [3.63, 3.8) is 0 Å². The summed E-state index contributed by atoms with van der Waals surface area (Å²) < 4.78 is 5.20. The molecular weight excluding hydrogens is 296 g/mol. The molecule has 1 aliphatic heterocycles. The Labute approximate surface area is 137 Å². The van der Waals surface area contributed by atoms with Gasteiger partial charge in [-0.2, -0.15) is 11.8 Å². The van der Waals surface area contributed by atoms with Gasteiger partial charge in [-0.25, -0.2) is 4.79 Å². The third kappa shape index (κ3) is 4.65. The van der Waals surface area contributed by atoms with Gasteiger partial charge in [0.2, 0.25) is 0 Å². The number of carbonyl (C=O) groups excluding carboxylic acids is 1. The first kappa shape index (κ1) is 17.2. The van der Waals surface area contributed by atoms with Crippen LogP contribution in [0.1, 0.15) is 30.6 Å². The Hall–Kier alpha value is -1.20. The molecule has 0 aliphatic carbocycles. The Balaban J connectivity index is 1.90. The fraction of sp³-hybridized carbons (Fsp3) is 0.588. The molecule has 0 spiro atoms. The zero-order valence-corrected chi connectivity index (χ0v) is 14.5. The number of likely N-dealkylation sites (tertiary alicyclic amines) is 1. The van der Waals surface area contributed by atoms with Crippen molar-refractivity contribution in [2.75, 3.05) is 38.4 Å². The highest BCUT2D eigenvalue weighted by Gasteiger charge is 2.22. The monoisotopic (exact) mass is 322 g/mol. The smallest absolute Gasteiger partial charge is 0.321 e. The number of thioether (sulfide) groups is 1. The van der Waals surface area contributed by atoms with Crippen LogP contribution in [0, 0.1) is 5.92 Å². The number of carbonyl (C=O) groups is 1. The third-order valence-electron chi connectivity index (χ3n) is 4.26. The van der Waals surface area contributed by atoms with Crippen molar-refractivity contribution in [1.82, 2.24) is 4.90 Å². The Kier molecular flexibility index (Phi) is 6.58. The van der Waals surface area contributed by atoms with Gasteiger partial charge in [0.15, 0.2) is 0 Å². The van der Waals surface area contributed by atoms with Crippen LogP contribution < -0.4 is 5.32 Å². The lowest BCUT2D eigenvalue weighted by molar-refractivity contribution is 0.110. The van der Waals surface area contributed by atoms with E-state index in [0.717, 1.165) is 38.2 Å². The van der Waals surface area contributed by atoms with Crippen molar-refractivity contribution in [1.29, 1.82) is 0 Å². The van der Waals surface area contributed by atoms with Gasteiger partial charge in [-0.05, 0) is 49.6 Å². The van der Waals surface area contributed by atoms with E-state index in [-0.39, 0.29) is 6.03 Å². The van der Waals surface area contributed by atoms with Crippen LogP contribution in [-0.4, -0.2) is 44.0 Å². The lowest BCUT2D eigenvalue weighted by atomic mass is 9.98. The predicted molar refractivity (Wildman–Crippen MR) is 93.6 cm³/mol. The number of anilines is 1. The summed E-state index contributed by atoms with van der Waals surface area (Å²) >= 11 is 1.80. The fourth-order valence-electron chi connectivity index (χ4n) is 2.75. The molecule has 0 aromatic heterocycles. The van der Waals surface area contributed by atoms with Gasteiger partial charge in [0.25, 0.3) is 0 Å². The molecule has 0 radical (unpaired) electrons. The van der Waals surface area contributed by atoms with Gasteiger partial charge in [0.1, 0.15) is 0 Å². The van der Waals surface area contributed by atoms with Crippen molar-refractivity contribution in [3.8, 4) is 0 Å². The number of methoxy groups -OCH3 is 1. The predicted octanol–water partition coefficient (Wildman–Crippen LogP) is 4.00. The van der Waals surface area contributed by atoms with Crippen LogP contribution >= 0.6 is 11.8 Å². The summed E-state index contributed by atoms with van der Waals surface area (Å²) in [7, 11) is 1.74. The summed E-state index contributed by atoms with van der Waals surface area (Å²) in [4.78, 5) is 14.3. The lowest BCUT2D eigenvalue weighted by Gasteiger charge is -2.31. The van der Waals surface area contributed by atoms with Crippen molar-refractivity contribution in [2.45, 2.75) is 25.0 Å². The molecule has 1 unspecified atom stereocenters. The van der Waals surface area contributed by atoms with Crippen LogP contribution in [0.3, 0.4) is 0 Å². The van der Waals surface area contributed by atoms with Crippen molar-refractivity contribution >= 4 is 23.5 Å². The van der Waals surface area contributed by atoms with Gasteiger partial charge in [-0.1, -0.05) is 12.1 Å². The molecule has 0 bridgehead atoms. The normalized spacial score (nSPS) is 17.3. The minimum atomic E-state index is 0.00446. The van der Waals surface area contributed by atoms with Gasteiger partial charge in [0, 0.05) is 37.7 Å². The van der Waals surface area contributed by atoms with E-state index in [1.165, 1.54) is 5.56 Å². The Morgan fingerprint density at radius 2 is 2.18 bits per heavy atom. The van der Waals surface area contributed by atoms with Crippen LogP contribution in [0.15, 0.2) is 24.3 Å². The molecule has 1 aromatic rings. The molecule has 4 nitrogen and oxygen atoms in total. The molecule has 2 amide bonds. The van der Waals surface area contributed by atoms with E-state index >= 15 is 0 Å². The lowest BCUT2D eigenvalue weighted by Crippen LogP contribution is -2.41. The minimum absolute atomic E-state index is 0.00446. The summed E-state index contributed by atoms with van der Waals surface area (Å²) in [6, 6.07) is 8.13. The minimum Gasteiger partial charge on any atom is -0.384 e. The van der Waals surface area contributed by atoms with Gasteiger partial charge < -0.3 is 15.0 Å². The molecule has 1 aromatic carbocycles. The second-order valence-electron chi connectivity index (χ2n) is 5.82. The Bertz CT molecular complexity index is 487. The van der Waals surface area contributed by atoms with Crippen molar-refractivity contribution in [3.05, 3.63) is 29.8 Å². The summed E-state index contributed by atoms with van der Waals surface area (Å²) in [6.07, 6.45) is 4.13. The average Bonchev–Trinajstić information content (AvgIpc) is 2.55. The molecule has 5 heteroatoms. The largest absolute Gasteiger partial charge is 0.384 e. The van der Waals surface area contributed by atoms with E-state index < -0.39 is 0 Å². The number of hydrogen-bond donors (Lipinski definition) is 1. The SMILES string of the molecule is COCC1CCN(C(=O)Nc2cccc(C(C)SC)c2)CC1. The Morgan fingerprint density at radius 1 is 1.45 bits per heavy atom. The number of ether oxygens (including phenoxy) is 1. The van der Waals surface area contributed by atoms with Crippen molar-refractivity contribution in [2.24, 2.45) is 5.92 Å². The zero-order chi connectivity index (χ0) is 15.9. The maximum Gasteiger partial charge on any atom is 0.321 e. The highest BCUT2D eigenvalue weighted by atomic mass is 32.2. The summed E-state index contributed by atoms with van der Waals surface area (Å²) in [5.74, 6) is 0.583. The fourth-order valence-corrected chi connectivity index (χ4v) is 3.17. The molecule has 1 heterocycles. The molecule has 22 heavy (non-hydrogen) atoms. The van der Waals surface area contributed by atoms with Crippen LogP contribution in [0.5, 0.6) is 0 Å². The number of nitrogens with one attached hydrogen (secondary N) is 1. The van der Waals surface area contributed by atoms with E-state index in [4.69, 9.17) is 4.74 Å². The molecule has 122 valence electrons. The van der Waals surface area contributed by atoms with Crippen LogP contribution in [0.4, 0.5) is 10.5 Å². The highest BCUT2D eigenvalue weighted by molar-refractivity contribution is 7.98. The van der Waals surface area contributed by atoms with Gasteiger partial charge in [-0.15, -0.1) is 0 Å². The van der Waals surface area contributed by atoms with Gasteiger partial charge in [-0.3, -0.25) is 0 Å². The molecule has 1 aliphatic rings. The van der Waals surface area contributed by atoms with Crippen LogP contribution in [0.25, 0.3) is 0 Å².